The van der Waals surface area contributed by atoms with E-state index in [4.69, 9.17) is 5.73 Å². The average molecular weight is 133 g/mol. The summed E-state index contributed by atoms with van der Waals surface area (Å²) >= 11 is 4.46. The van der Waals surface area contributed by atoms with Crippen molar-refractivity contribution in [3.8, 4) is 0 Å². The van der Waals surface area contributed by atoms with E-state index in [2.05, 4.69) is 23.1 Å². The zero-order chi connectivity index (χ0) is 6.41. The van der Waals surface area contributed by atoms with Crippen LogP contribution < -0.4 is 16.6 Å². The average Bonchev–Trinajstić information content (AvgIpc) is 1.83. The fourth-order valence-electron chi connectivity index (χ4n) is 0.243. The predicted molar refractivity (Wildman–Crippen MR) is 38.2 cm³/mol. The molecular weight excluding hydrogens is 122 g/mol. The first kappa shape index (κ1) is 7.81. The van der Waals surface area contributed by atoms with Crippen LogP contribution >= 0.6 is 12.2 Å². The van der Waals surface area contributed by atoms with Crippen molar-refractivity contribution < 1.29 is 0 Å². The maximum absolute atomic E-state index is 5.42. The van der Waals surface area contributed by atoms with E-state index in [1.165, 1.54) is 5.49 Å². The van der Waals surface area contributed by atoms with Crippen LogP contribution in [0, 0.1) is 0 Å². The second-order valence-corrected chi connectivity index (χ2v) is 1.66. The van der Waals surface area contributed by atoms with Gasteiger partial charge in [0.25, 0.3) is 0 Å². The Labute approximate surface area is 54.6 Å². The Morgan fingerprint density at radius 3 is 2.88 bits per heavy atom. The number of thiocarbonyl (C=S) groups is 1. The van der Waals surface area contributed by atoms with Crippen molar-refractivity contribution in [2.45, 2.75) is 19.5 Å². The van der Waals surface area contributed by atoms with Gasteiger partial charge in [-0.15, -0.1) is 0 Å². The molecule has 0 aliphatic heterocycles. The zero-order valence-electron chi connectivity index (χ0n) is 4.85. The van der Waals surface area contributed by atoms with Gasteiger partial charge in [0.1, 0.15) is 0 Å². The van der Waals surface area contributed by atoms with Crippen molar-refractivity contribution >= 4 is 17.7 Å². The van der Waals surface area contributed by atoms with Crippen molar-refractivity contribution in [2.75, 3.05) is 0 Å². The normalized spacial score (nSPS) is 12.8. The molecule has 48 valence electrons. The molecule has 0 bridgehead atoms. The van der Waals surface area contributed by atoms with Crippen LogP contribution in [0.4, 0.5) is 0 Å². The Bertz CT molecular complexity index is 66.3. The largest absolute Gasteiger partial charge is 0.317 e. The number of nitrogens with two attached hydrogens (primary N) is 1. The Morgan fingerprint density at radius 1 is 1.88 bits per heavy atom. The lowest BCUT2D eigenvalue weighted by Gasteiger charge is -2.08. The fourth-order valence-corrected chi connectivity index (χ4v) is 0.311. The van der Waals surface area contributed by atoms with E-state index < -0.39 is 0 Å². The number of nitrogens with one attached hydrogen (secondary N) is 2. The molecule has 8 heavy (non-hydrogen) atoms. The second-order valence-electron chi connectivity index (χ2n) is 1.42. The second kappa shape index (κ2) is 4.96. The first-order chi connectivity index (χ1) is 3.81. The lowest BCUT2D eigenvalue weighted by molar-refractivity contribution is 0.495. The van der Waals surface area contributed by atoms with Gasteiger partial charge in [0.15, 0.2) is 0 Å². The highest BCUT2D eigenvalue weighted by molar-refractivity contribution is 7.78. The minimum absolute atomic E-state index is 0.00537. The zero-order valence-corrected chi connectivity index (χ0v) is 5.66. The van der Waals surface area contributed by atoms with Crippen LogP contribution in [0.1, 0.15) is 13.3 Å². The van der Waals surface area contributed by atoms with Crippen molar-refractivity contribution in [2.24, 2.45) is 5.73 Å². The third-order valence-corrected chi connectivity index (χ3v) is 0.885. The van der Waals surface area contributed by atoms with E-state index in [0.29, 0.717) is 0 Å². The third-order valence-electron chi connectivity index (χ3n) is 0.767. The number of hydrazine groups is 1. The van der Waals surface area contributed by atoms with E-state index in [-0.39, 0.29) is 6.17 Å². The monoisotopic (exact) mass is 133 g/mol. The van der Waals surface area contributed by atoms with E-state index in [0.717, 1.165) is 6.42 Å². The molecule has 0 saturated heterocycles. The molecule has 0 aromatic heterocycles. The maximum atomic E-state index is 5.42. The summed E-state index contributed by atoms with van der Waals surface area (Å²) in [7, 11) is 0. The third kappa shape index (κ3) is 3.98. The van der Waals surface area contributed by atoms with Crippen LogP contribution in [0.25, 0.3) is 0 Å². The molecule has 0 spiro atoms. The standard InChI is InChI=1S/C4H11N3S/c1-2-4(5)7-6-3-8/h3-4,7H,2,5H2,1H3,(H,6,8). The molecule has 0 heterocycles. The van der Waals surface area contributed by atoms with Crippen LogP contribution in [0.15, 0.2) is 0 Å². The van der Waals surface area contributed by atoms with Gasteiger partial charge in [-0.05, 0) is 6.42 Å². The van der Waals surface area contributed by atoms with Crippen LogP contribution in [0.5, 0.6) is 0 Å². The maximum Gasteiger partial charge on any atom is 0.0757 e. The van der Waals surface area contributed by atoms with Gasteiger partial charge in [0, 0.05) is 0 Å². The molecule has 0 aliphatic carbocycles. The SMILES string of the molecule is CCC(N)NNC=S. The molecule has 3 nitrogen and oxygen atoms in total. The first-order valence-corrected chi connectivity index (χ1v) is 2.98. The van der Waals surface area contributed by atoms with E-state index >= 15 is 0 Å². The van der Waals surface area contributed by atoms with E-state index in [1.807, 2.05) is 6.92 Å². The minimum Gasteiger partial charge on any atom is -0.317 e. The Kier molecular flexibility index (Phi) is 4.84. The van der Waals surface area contributed by atoms with Crippen LogP contribution in [-0.4, -0.2) is 11.7 Å². The highest BCUT2D eigenvalue weighted by atomic mass is 32.1. The summed E-state index contributed by atoms with van der Waals surface area (Å²) in [5.41, 5.74) is 12.2. The summed E-state index contributed by atoms with van der Waals surface area (Å²) in [6.07, 6.45) is 0.880. The summed E-state index contributed by atoms with van der Waals surface area (Å²) in [6, 6.07) is 0. The smallest absolute Gasteiger partial charge is 0.0757 e. The quantitative estimate of drug-likeness (QED) is 0.281. The highest BCUT2D eigenvalue weighted by Crippen LogP contribution is 1.74. The summed E-state index contributed by atoms with van der Waals surface area (Å²) in [4.78, 5) is 0. The molecule has 0 aliphatic rings. The van der Waals surface area contributed by atoms with E-state index in [1.54, 1.807) is 0 Å². The Balaban J connectivity index is 2.97. The van der Waals surface area contributed by atoms with Gasteiger partial charge in [-0.3, -0.25) is 0 Å². The molecule has 0 radical (unpaired) electrons. The van der Waals surface area contributed by atoms with Gasteiger partial charge in [-0.1, -0.05) is 19.1 Å². The lowest BCUT2D eigenvalue weighted by atomic mass is 10.4. The number of rotatable bonds is 4. The minimum atomic E-state index is -0.00537. The summed E-state index contributed by atoms with van der Waals surface area (Å²) in [5, 5.41) is 0. The molecule has 1 unspecified atom stereocenters. The van der Waals surface area contributed by atoms with E-state index in [9.17, 15) is 0 Å². The molecule has 0 aromatic carbocycles. The molecule has 4 N–H and O–H groups in total. The van der Waals surface area contributed by atoms with Gasteiger partial charge in [-0.25, -0.2) is 5.43 Å². The van der Waals surface area contributed by atoms with Gasteiger partial charge in [0.2, 0.25) is 0 Å². The summed E-state index contributed by atoms with van der Waals surface area (Å²) in [6.45, 7) is 1.99. The molecule has 1 atom stereocenters. The Morgan fingerprint density at radius 2 is 2.50 bits per heavy atom. The number of hydrogen-bond donors (Lipinski definition) is 3. The van der Waals surface area contributed by atoms with Crippen molar-refractivity contribution in [1.29, 1.82) is 0 Å². The highest BCUT2D eigenvalue weighted by Gasteiger charge is 1.90. The number of hydrogen-bond acceptors (Lipinski definition) is 3. The molecule has 0 saturated carbocycles. The van der Waals surface area contributed by atoms with Crippen molar-refractivity contribution in [3.05, 3.63) is 0 Å². The van der Waals surface area contributed by atoms with Gasteiger partial charge in [-0.2, -0.15) is 0 Å². The van der Waals surface area contributed by atoms with Gasteiger partial charge < -0.3 is 11.2 Å². The molecule has 0 amide bonds. The summed E-state index contributed by atoms with van der Waals surface area (Å²) < 4.78 is 0. The molecular formula is C4H11N3S. The first-order valence-electron chi connectivity index (χ1n) is 2.51. The van der Waals surface area contributed by atoms with Gasteiger partial charge >= 0.3 is 0 Å². The fraction of sp³-hybridized carbons (Fsp3) is 0.750. The molecule has 0 fully saturated rings. The van der Waals surface area contributed by atoms with Crippen LogP contribution in [-0.2, 0) is 0 Å². The van der Waals surface area contributed by atoms with Gasteiger partial charge in [0.05, 0.1) is 11.7 Å². The molecule has 0 rings (SSSR count). The topological polar surface area (TPSA) is 50.1 Å². The Hall–Kier alpha value is -0.190. The predicted octanol–water partition coefficient (Wildman–Crippen LogP) is -0.267. The lowest BCUT2D eigenvalue weighted by Crippen LogP contribution is -2.44. The van der Waals surface area contributed by atoms with Crippen LogP contribution in [0.3, 0.4) is 0 Å². The van der Waals surface area contributed by atoms with Crippen LogP contribution in [0.2, 0.25) is 0 Å². The summed E-state index contributed by atoms with van der Waals surface area (Å²) in [5.74, 6) is 0. The van der Waals surface area contributed by atoms with Crippen molar-refractivity contribution in [1.82, 2.24) is 10.9 Å². The molecule has 0 aromatic rings. The molecule has 4 heteroatoms. The van der Waals surface area contributed by atoms with Crippen molar-refractivity contribution in [3.63, 3.8) is 0 Å².